The van der Waals surface area contributed by atoms with Crippen LogP contribution in [0.4, 0.5) is 4.39 Å². The normalized spacial score (nSPS) is 15.0. The number of rotatable bonds is 3. The zero-order valence-electron chi connectivity index (χ0n) is 21.5. The van der Waals surface area contributed by atoms with Crippen LogP contribution in [0.25, 0.3) is 38.6 Å². The Hall–Kier alpha value is -3.55. The molecule has 0 atom stereocenters. The van der Waals surface area contributed by atoms with Crippen molar-refractivity contribution in [2.24, 2.45) is 5.41 Å². The monoisotopic (exact) mass is 530 g/mol. The number of fused-ring (bicyclic) bond motifs is 2. The van der Waals surface area contributed by atoms with E-state index in [0.29, 0.717) is 18.4 Å². The summed E-state index contributed by atoms with van der Waals surface area (Å²) >= 11 is 6.17. The molecule has 0 amide bonds. The van der Waals surface area contributed by atoms with E-state index in [1.165, 1.54) is 16.8 Å². The second-order valence-corrected chi connectivity index (χ2v) is 11.3. The molecule has 0 radical (unpaired) electrons. The van der Waals surface area contributed by atoms with Crippen molar-refractivity contribution in [3.05, 3.63) is 77.6 Å². The van der Waals surface area contributed by atoms with E-state index in [1.54, 1.807) is 30.6 Å². The molecule has 6 rings (SSSR count). The van der Waals surface area contributed by atoms with Crippen molar-refractivity contribution in [3.63, 3.8) is 0 Å². The molecule has 38 heavy (non-hydrogen) atoms. The largest absolute Gasteiger partial charge is 0.381 e. The highest BCUT2D eigenvalue weighted by molar-refractivity contribution is 6.29. The summed E-state index contributed by atoms with van der Waals surface area (Å²) in [6.45, 7) is 7.01. The molecular weight excluding hydrogens is 503 g/mol. The van der Waals surface area contributed by atoms with Crippen LogP contribution in [0.3, 0.4) is 0 Å². The lowest BCUT2D eigenvalue weighted by Gasteiger charge is -2.25. The molecule has 1 aliphatic heterocycles. The number of benzene rings is 2. The van der Waals surface area contributed by atoms with Crippen molar-refractivity contribution >= 4 is 39.3 Å². The van der Waals surface area contributed by atoms with Crippen molar-refractivity contribution in [1.29, 1.82) is 0 Å². The van der Waals surface area contributed by atoms with E-state index in [4.69, 9.17) is 16.3 Å². The van der Waals surface area contributed by atoms with Gasteiger partial charge in [0.25, 0.3) is 5.91 Å². The molecule has 2 aromatic carbocycles. The van der Waals surface area contributed by atoms with Gasteiger partial charge in [-0.15, -0.1) is 0 Å². The van der Waals surface area contributed by atoms with E-state index < -0.39 is 5.41 Å². The molecule has 0 unspecified atom stereocenters. The molecule has 1 aliphatic rings. The maximum Gasteiger partial charge on any atom is 0.252 e. The lowest BCUT2D eigenvalue weighted by molar-refractivity contribution is 0.0755. The minimum absolute atomic E-state index is 0.0795. The Balaban J connectivity index is 1.73. The van der Waals surface area contributed by atoms with E-state index in [9.17, 15) is 9.18 Å². The Morgan fingerprint density at radius 1 is 1.03 bits per heavy atom. The minimum atomic E-state index is -0.593. The number of pyridine rings is 1. The van der Waals surface area contributed by atoms with E-state index in [-0.39, 0.29) is 17.6 Å². The average molecular weight is 531 g/mol. The Bertz CT molecular complexity index is 1660. The lowest BCUT2D eigenvalue weighted by atomic mass is 9.90. The summed E-state index contributed by atoms with van der Waals surface area (Å²) in [5.41, 5.74) is 5.04. The lowest BCUT2D eigenvalue weighted by Crippen LogP contribution is -2.27. The molecule has 4 heterocycles. The number of carbonyl (C=O) groups excluding carboxylic acids is 1. The molecule has 194 valence electrons. The van der Waals surface area contributed by atoms with Gasteiger partial charge in [-0.25, -0.2) is 9.37 Å². The number of aromatic nitrogens is 4. The standard InChI is InChI=1S/C30H28ClFN4O2/c1-30(2,3)29(37)36-24-15-23-25(14-20(24)17-34-36)35(22-7-5-21(32)6-8-22)28(18-10-12-38-13-11-18)27(23)19-4-9-26(31)33-16-19/h4-9,14-18H,10-13H2,1-3H3. The van der Waals surface area contributed by atoms with Crippen LogP contribution in [0, 0.1) is 11.2 Å². The molecule has 0 saturated carbocycles. The number of ether oxygens (including phenoxy) is 1. The molecule has 0 N–H and O–H groups in total. The SMILES string of the molecule is CC(C)(C)C(=O)n1ncc2cc3c(cc21)c(-c1ccc(Cl)nc1)c(C1CCOCC1)n3-c1ccc(F)cc1. The summed E-state index contributed by atoms with van der Waals surface area (Å²) in [6.07, 6.45) is 5.25. The number of halogens is 2. The van der Waals surface area contributed by atoms with Crippen LogP contribution in [0.5, 0.6) is 0 Å². The quantitative estimate of drug-likeness (QED) is 0.228. The Morgan fingerprint density at radius 2 is 1.76 bits per heavy atom. The van der Waals surface area contributed by atoms with Crippen LogP contribution in [0.15, 0.2) is 60.9 Å². The maximum atomic E-state index is 14.0. The average Bonchev–Trinajstić information content (AvgIpc) is 3.46. The number of nitrogens with zero attached hydrogens (tertiary/aromatic N) is 4. The molecule has 3 aromatic heterocycles. The fourth-order valence-corrected chi connectivity index (χ4v) is 5.47. The summed E-state index contributed by atoms with van der Waals surface area (Å²) in [6, 6.07) is 14.5. The van der Waals surface area contributed by atoms with Crippen LogP contribution >= 0.6 is 11.6 Å². The predicted octanol–water partition coefficient (Wildman–Crippen LogP) is 7.42. The van der Waals surface area contributed by atoms with Crippen LogP contribution in [-0.4, -0.2) is 38.5 Å². The van der Waals surface area contributed by atoms with E-state index in [2.05, 4.69) is 20.7 Å². The third-order valence-corrected chi connectivity index (χ3v) is 7.46. The molecule has 5 aromatic rings. The highest BCUT2D eigenvalue weighted by Crippen LogP contribution is 2.44. The highest BCUT2D eigenvalue weighted by Gasteiger charge is 2.30. The second-order valence-electron chi connectivity index (χ2n) is 10.9. The zero-order chi connectivity index (χ0) is 26.6. The molecular formula is C30H28ClFN4O2. The van der Waals surface area contributed by atoms with Crippen molar-refractivity contribution in [1.82, 2.24) is 19.3 Å². The molecule has 6 nitrogen and oxygen atoms in total. The summed E-state index contributed by atoms with van der Waals surface area (Å²) < 4.78 is 23.4. The van der Waals surface area contributed by atoms with Gasteiger partial charge in [0.15, 0.2) is 0 Å². The summed E-state index contributed by atoms with van der Waals surface area (Å²) in [5, 5.41) is 6.71. The maximum absolute atomic E-state index is 14.0. The molecule has 0 aliphatic carbocycles. The van der Waals surface area contributed by atoms with Gasteiger partial charge < -0.3 is 9.30 Å². The van der Waals surface area contributed by atoms with E-state index in [1.807, 2.05) is 32.9 Å². The van der Waals surface area contributed by atoms with Crippen LogP contribution in [-0.2, 0) is 4.74 Å². The topological polar surface area (TPSA) is 61.9 Å². The van der Waals surface area contributed by atoms with E-state index in [0.717, 1.165) is 57.2 Å². The van der Waals surface area contributed by atoms with Crippen molar-refractivity contribution in [2.75, 3.05) is 13.2 Å². The first kappa shape index (κ1) is 24.8. The summed E-state index contributed by atoms with van der Waals surface area (Å²) in [5.74, 6) is -0.156. The summed E-state index contributed by atoms with van der Waals surface area (Å²) in [7, 11) is 0. The Kier molecular flexibility index (Phi) is 6.08. The van der Waals surface area contributed by atoms with Crippen LogP contribution in [0.2, 0.25) is 5.15 Å². The molecule has 1 saturated heterocycles. The Morgan fingerprint density at radius 3 is 2.42 bits per heavy atom. The molecule has 8 heteroatoms. The van der Waals surface area contributed by atoms with Gasteiger partial charge in [0.05, 0.1) is 17.2 Å². The fourth-order valence-electron chi connectivity index (χ4n) is 5.36. The van der Waals surface area contributed by atoms with Crippen LogP contribution < -0.4 is 0 Å². The second kappa shape index (κ2) is 9.33. The van der Waals surface area contributed by atoms with Gasteiger partial charge in [-0.1, -0.05) is 32.4 Å². The predicted molar refractivity (Wildman–Crippen MR) is 148 cm³/mol. The third-order valence-electron chi connectivity index (χ3n) is 7.24. The minimum Gasteiger partial charge on any atom is -0.381 e. The van der Waals surface area contributed by atoms with Gasteiger partial charge in [0, 0.05) is 64.0 Å². The number of carbonyl (C=O) groups is 1. The van der Waals surface area contributed by atoms with Gasteiger partial charge in [-0.3, -0.25) is 4.79 Å². The van der Waals surface area contributed by atoms with Gasteiger partial charge in [0.2, 0.25) is 0 Å². The zero-order valence-corrected chi connectivity index (χ0v) is 22.3. The van der Waals surface area contributed by atoms with Crippen molar-refractivity contribution < 1.29 is 13.9 Å². The molecule has 0 spiro atoms. The van der Waals surface area contributed by atoms with Gasteiger partial charge in [0.1, 0.15) is 11.0 Å². The summed E-state index contributed by atoms with van der Waals surface area (Å²) in [4.78, 5) is 17.6. The van der Waals surface area contributed by atoms with Gasteiger partial charge >= 0.3 is 0 Å². The smallest absolute Gasteiger partial charge is 0.252 e. The van der Waals surface area contributed by atoms with Crippen LogP contribution in [0.1, 0.15) is 50.0 Å². The molecule has 0 bridgehead atoms. The number of hydrogen-bond donors (Lipinski definition) is 0. The first-order valence-electron chi connectivity index (χ1n) is 12.8. The van der Waals surface area contributed by atoms with Crippen molar-refractivity contribution in [3.8, 4) is 16.8 Å². The number of hydrogen-bond acceptors (Lipinski definition) is 4. The third kappa shape index (κ3) is 4.20. The van der Waals surface area contributed by atoms with Crippen molar-refractivity contribution in [2.45, 2.75) is 39.5 Å². The Labute approximate surface area is 225 Å². The first-order valence-corrected chi connectivity index (χ1v) is 13.2. The van der Waals surface area contributed by atoms with E-state index >= 15 is 0 Å². The highest BCUT2D eigenvalue weighted by atomic mass is 35.5. The fraction of sp³-hybridized carbons (Fsp3) is 0.300. The molecule has 1 fully saturated rings. The first-order chi connectivity index (χ1) is 18.2. The van der Waals surface area contributed by atoms with Gasteiger partial charge in [-0.2, -0.15) is 9.78 Å². The van der Waals surface area contributed by atoms with Gasteiger partial charge in [-0.05, 0) is 61.4 Å².